The third kappa shape index (κ3) is 7.57. The van der Waals surface area contributed by atoms with Gasteiger partial charge in [0.05, 0.1) is 17.5 Å². The van der Waals surface area contributed by atoms with Crippen LogP contribution in [-0.4, -0.2) is 36.9 Å². The van der Waals surface area contributed by atoms with Gasteiger partial charge in [0.1, 0.15) is 40.1 Å². The van der Waals surface area contributed by atoms with Gasteiger partial charge in [-0.3, -0.25) is 0 Å². The number of hydrogen-bond donors (Lipinski definition) is 2. The first-order chi connectivity index (χ1) is 18.4. The summed E-state index contributed by atoms with van der Waals surface area (Å²) in [5.74, 6) is 2.26. The molecule has 0 atom stereocenters. The Morgan fingerprint density at radius 3 is 2.51 bits per heavy atom. The van der Waals surface area contributed by atoms with Crippen LogP contribution in [0.5, 0.6) is 5.75 Å². The van der Waals surface area contributed by atoms with E-state index in [4.69, 9.17) is 9.15 Å². The highest BCUT2D eigenvalue weighted by atomic mass is 35.5. The number of anilines is 2. The molecule has 2 N–H and O–H groups in total. The van der Waals surface area contributed by atoms with Gasteiger partial charge in [0, 0.05) is 41.5 Å². The second-order valence-electron chi connectivity index (χ2n) is 8.96. The molecular formula is C29H29ClN4O4S. The summed E-state index contributed by atoms with van der Waals surface area (Å²) in [6, 6.07) is 25.6. The highest BCUT2D eigenvalue weighted by molar-refractivity contribution is 7.90. The Labute approximate surface area is 233 Å². The number of sulfone groups is 1. The van der Waals surface area contributed by atoms with Crippen LogP contribution in [0, 0.1) is 0 Å². The molecule has 0 saturated heterocycles. The standard InChI is InChI=1S/C29H28N4O4S.ClH/c1-38(34,35)16-14-30-18-23-13-15-36-28(23)22-7-12-27-26(17-22)29(32-20-31-27)33-24-8-10-25(11-9-24)37-19-21-5-3-2-4-6-21;/h2-13,15,17,20,30H,14,16,18-19H2,1H3,(H,31,32,33);1H. The van der Waals surface area contributed by atoms with E-state index in [1.54, 1.807) is 6.26 Å². The van der Waals surface area contributed by atoms with E-state index in [0.717, 1.165) is 39.0 Å². The molecule has 202 valence electrons. The number of benzene rings is 3. The summed E-state index contributed by atoms with van der Waals surface area (Å²) in [6.45, 7) is 1.38. The summed E-state index contributed by atoms with van der Waals surface area (Å²) >= 11 is 0. The molecule has 0 aliphatic carbocycles. The minimum Gasteiger partial charge on any atom is -0.489 e. The third-order valence-corrected chi connectivity index (χ3v) is 6.92. The molecule has 3 aromatic carbocycles. The molecule has 5 rings (SSSR count). The van der Waals surface area contributed by atoms with Crippen molar-refractivity contribution in [3.05, 3.63) is 103 Å². The fourth-order valence-electron chi connectivity index (χ4n) is 4.02. The van der Waals surface area contributed by atoms with Gasteiger partial charge < -0.3 is 19.8 Å². The maximum absolute atomic E-state index is 11.4. The number of fused-ring (bicyclic) bond motifs is 1. The van der Waals surface area contributed by atoms with E-state index in [1.807, 2.05) is 78.9 Å². The number of aromatic nitrogens is 2. The molecule has 0 aliphatic rings. The summed E-state index contributed by atoms with van der Waals surface area (Å²) in [5, 5.41) is 7.41. The summed E-state index contributed by atoms with van der Waals surface area (Å²) in [6.07, 6.45) is 4.40. The van der Waals surface area contributed by atoms with Crippen LogP contribution in [0.3, 0.4) is 0 Å². The van der Waals surface area contributed by atoms with E-state index in [0.29, 0.717) is 31.3 Å². The number of furan rings is 1. The van der Waals surface area contributed by atoms with E-state index in [-0.39, 0.29) is 18.2 Å². The lowest BCUT2D eigenvalue weighted by Crippen LogP contribution is -2.21. The van der Waals surface area contributed by atoms with Gasteiger partial charge in [-0.05, 0) is 54.1 Å². The van der Waals surface area contributed by atoms with E-state index in [2.05, 4.69) is 20.6 Å². The molecule has 0 aliphatic heterocycles. The summed E-state index contributed by atoms with van der Waals surface area (Å²) in [5.41, 5.74) is 4.60. The molecule has 0 spiro atoms. The molecule has 0 bridgehead atoms. The number of nitrogens with one attached hydrogen (secondary N) is 2. The van der Waals surface area contributed by atoms with Crippen molar-refractivity contribution in [2.75, 3.05) is 23.9 Å². The first-order valence-corrected chi connectivity index (χ1v) is 14.2. The fourth-order valence-corrected chi connectivity index (χ4v) is 4.53. The summed E-state index contributed by atoms with van der Waals surface area (Å²) < 4.78 is 34.4. The predicted molar refractivity (Wildman–Crippen MR) is 156 cm³/mol. The van der Waals surface area contributed by atoms with Gasteiger partial charge in [-0.2, -0.15) is 0 Å². The van der Waals surface area contributed by atoms with Gasteiger partial charge in [0.25, 0.3) is 0 Å². The Bertz CT molecular complexity index is 1620. The molecule has 10 heteroatoms. The van der Waals surface area contributed by atoms with Crippen molar-refractivity contribution in [1.82, 2.24) is 15.3 Å². The largest absolute Gasteiger partial charge is 0.489 e. The molecule has 0 amide bonds. The molecule has 2 heterocycles. The normalized spacial score (nSPS) is 11.2. The average Bonchev–Trinajstić information content (AvgIpc) is 3.39. The molecule has 0 unspecified atom stereocenters. The second kappa shape index (κ2) is 12.8. The molecule has 0 radical (unpaired) electrons. The molecule has 2 aromatic heterocycles. The van der Waals surface area contributed by atoms with Crippen LogP contribution in [0.1, 0.15) is 11.1 Å². The lowest BCUT2D eigenvalue weighted by atomic mass is 10.1. The lowest BCUT2D eigenvalue weighted by molar-refractivity contribution is 0.306. The highest BCUT2D eigenvalue weighted by Crippen LogP contribution is 2.31. The van der Waals surface area contributed by atoms with Crippen molar-refractivity contribution in [1.29, 1.82) is 0 Å². The quantitative estimate of drug-likeness (QED) is 0.195. The van der Waals surface area contributed by atoms with E-state index in [9.17, 15) is 8.42 Å². The second-order valence-corrected chi connectivity index (χ2v) is 11.2. The molecule has 5 aromatic rings. The van der Waals surface area contributed by atoms with Crippen molar-refractivity contribution < 1.29 is 17.6 Å². The number of rotatable bonds is 11. The zero-order valence-electron chi connectivity index (χ0n) is 21.3. The maximum Gasteiger partial charge on any atom is 0.148 e. The Kier molecular flexibility index (Phi) is 9.19. The summed E-state index contributed by atoms with van der Waals surface area (Å²) in [4.78, 5) is 8.88. The van der Waals surface area contributed by atoms with Gasteiger partial charge in [-0.15, -0.1) is 12.4 Å². The topological polar surface area (TPSA) is 106 Å². The molecule has 0 fully saturated rings. The SMILES string of the molecule is CS(=O)(=O)CCNCc1ccoc1-c1ccc2ncnc(Nc3ccc(OCc4ccccc4)cc3)c2c1.Cl. The maximum atomic E-state index is 11.4. The van der Waals surface area contributed by atoms with Gasteiger partial charge in [-0.1, -0.05) is 30.3 Å². The minimum absolute atomic E-state index is 0. The van der Waals surface area contributed by atoms with Crippen molar-refractivity contribution in [3.8, 4) is 17.1 Å². The van der Waals surface area contributed by atoms with Gasteiger partial charge in [-0.25, -0.2) is 18.4 Å². The van der Waals surface area contributed by atoms with E-state index >= 15 is 0 Å². The van der Waals surface area contributed by atoms with Gasteiger partial charge in [0.15, 0.2) is 0 Å². The van der Waals surface area contributed by atoms with Gasteiger partial charge >= 0.3 is 0 Å². The molecule has 8 nitrogen and oxygen atoms in total. The average molecular weight is 565 g/mol. The number of halogens is 1. The van der Waals surface area contributed by atoms with Crippen LogP contribution in [0.2, 0.25) is 0 Å². The van der Waals surface area contributed by atoms with E-state index in [1.165, 1.54) is 12.6 Å². The smallest absolute Gasteiger partial charge is 0.148 e. The highest BCUT2D eigenvalue weighted by Gasteiger charge is 2.13. The third-order valence-electron chi connectivity index (χ3n) is 5.97. The lowest BCUT2D eigenvalue weighted by Gasteiger charge is -2.11. The van der Waals surface area contributed by atoms with Crippen molar-refractivity contribution in [2.24, 2.45) is 0 Å². The summed E-state index contributed by atoms with van der Waals surface area (Å²) in [7, 11) is -3.01. The first kappa shape index (κ1) is 28.1. The fraction of sp³-hybridized carbons (Fsp3) is 0.172. The predicted octanol–water partition coefficient (Wildman–Crippen LogP) is 5.77. The molecule has 39 heavy (non-hydrogen) atoms. The van der Waals surface area contributed by atoms with Crippen molar-refractivity contribution in [2.45, 2.75) is 13.2 Å². The van der Waals surface area contributed by atoms with Gasteiger partial charge in [0.2, 0.25) is 0 Å². The van der Waals surface area contributed by atoms with Crippen LogP contribution in [0.25, 0.3) is 22.2 Å². The Morgan fingerprint density at radius 1 is 0.949 bits per heavy atom. The van der Waals surface area contributed by atoms with Crippen molar-refractivity contribution in [3.63, 3.8) is 0 Å². The van der Waals surface area contributed by atoms with E-state index < -0.39 is 9.84 Å². The Balaban J connectivity index is 0.00000353. The number of hydrogen-bond acceptors (Lipinski definition) is 8. The zero-order chi connectivity index (χ0) is 26.4. The van der Waals surface area contributed by atoms with Crippen LogP contribution in [-0.2, 0) is 23.0 Å². The zero-order valence-corrected chi connectivity index (χ0v) is 23.0. The van der Waals surface area contributed by atoms with Crippen LogP contribution < -0.4 is 15.4 Å². The first-order valence-electron chi connectivity index (χ1n) is 12.2. The van der Waals surface area contributed by atoms with Crippen molar-refractivity contribution >= 4 is 44.7 Å². The van der Waals surface area contributed by atoms with Crippen LogP contribution >= 0.6 is 12.4 Å². The number of nitrogens with zero attached hydrogens (tertiary/aromatic N) is 2. The molecule has 0 saturated carbocycles. The number of ether oxygens (including phenoxy) is 1. The monoisotopic (exact) mass is 564 g/mol. The van der Waals surface area contributed by atoms with Crippen LogP contribution in [0.4, 0.5) is 11.5 Å². The molecular weight excluding hydrogens is 536 g/mol. The minimum atomic E-state index is -3.01. The van der Waals surface area contributed by atoms with Crippen LogP contribution in [0.15, 0.2) is 95.9 Å². The Hall–Kier alpha value is -3.92. The Morgan fingerprint density at radius 2 is 1.74 bits per heavy atom.